The molecule has 1 saturated heterocycles. The van der Waals surface area contributed by atoms with Gasteiger partial charge in [0.1, 0.15) is 5.82 Å². The number of hydrazine groups is 1. The summed E-state index contributed by atoms with van der Waals surface area (Å²) in [4.78, 5) is 38.0. The normalized spacial score (nSPS) is 16.1. The van der Waals surface area contributed by atoms with E-state index in [1.165, 1.54) is 24.3 Å². The second-order valence-corrected chi connectivity index (χ2v) is 6.82. The number of hydrogen-bond donors (Lipinski definition) is 2. The highest BCUT2D eigenvalue weighted by Crippen LogP contribution is 2.18. The molecule has 2 aromatic rings. The van der Waals surface area contributed by atoms with Crippen LogP contribution in [-0.2, 0) is 27.2 Å². The number of nitrogens with one attached hydrogen (secondary N) is 2. The van der Waals surface area contributed by atoms with Gasteiger partial charge in [-0.1, -0.05) is 42.5 Å². The van der Waals surface area contributed by atoms with Crippen molar-refractivity contribution in [1.82, 2.24) is 15.8 Å². The number of hydrogen-bond acceptors (Lipinski definition) is 3. The minimum absolute atomic E-state index is 0.0212. The molecule has 0 aliphatic carbocycles. The molecule has 1 aliphatic heterocycles. The number of rotatable bonds is 6. The molecule has 0 saturated carbocycles. The molecule has 3 amide bonds. The molecule has 6 nitrogen and oxygen atoms in total. The van der Waals surface area contributed by atoms with E-state index in [1.807, 2.05) is 30.3 Å². The number of amides is 3. The van der Waals surface area contributed by atoms with Crippen molar-refractivity contribution >= 4 is 17.7 Å². The maximum atomic E-state index is 12.9. The maximum Gasteiger partial charge on any atom is 0.243 e. The zero-order valence-corrected chi connectivity index (χ0v) is 15.4. The van der Waals surface area contributed by atoms with Gasteiger partial charge in [-0.15, -0.1) is 0 Å². The van der Waals surface area contributed by atoms with Gasteiger partial charge in [0.2, 0.25) is 17.7 Å². The van der Waals surface area contributed by atoms with Gasteiger partial charge in [-0.2, -0.15) is 0 Å². The molecule has 0 radical (unpaired) electrons. The van der Waals surface area contributed by atoms with Crippen LogP contribution < -0.4 is 10.9 Å². The first-order chi connectivity index (χ1) is 13.5. The Morgan fingerprint density at radius 3 is 2.43 bits per heavy atom. The molecule has 1 aliphatic rings. The van der Waals surface area contributed by atoms with Crippen LogP contribution in [0.4, 0.5) is 4.39 Å². The molecule has 0 aromatic heterocycles. The van der Waals surface area contributed by atoms with E-state index in [1.54, 1.807) is 4.90 Å². The summed E-state index contributed by atoms with van der Waals surface area (Å²) in [7, 11) is 0. The molecule has 1 fully saturated rings. The van der Waals surface area contributed by atoms with Gasteiger partial charge < -0.3 is 4.90 Å². The summed E-state index contributed by atoms with van der Waals surface area (Å²) in [6.45, 7) is 0.898. The summed E-state index contributed by atoms with van der Waals surface area (Å²) >= 11 is 0. The van der Waals surface area contributed by atoms with Crippen LogP contribution in [0.1, 0.15) is 17.5 Å². The monoisotopic (exact) mass is 383 g/mol. The van der Waals surface area contributed by atoms with Gasteiger partial charge in [0.25, 0.3) is 0 Å². The fraction of sp³-hybridized carbons (Fsp3) is 0.286. The zero-order valence-electron chi connectivity index (χ0n) is 15.4. The lowest BCUT2D eigenvalue weighted by Gasteiger charge is -2.16. The van der Waals surface area contributed by atoms with Crippen molar-refractivity contribution in [3.05, 3.63) is 71.5 Å². The summed E-state index contributed by atoms with van der Waals surface area (Å²) in [5.41, 5.74) is 6.50. The van der Waals surface area contributed by atoms with Crippen LogP contribution in [0.3, 0.4) is 0 Å². The summed E-state index contributed by atoms with van der Waals surface area (Å²) in [6.07, 6.45) is 0.886. The molecule has 1 atom stereocenters. The Bertz CT molecular complexity index is 840. The topological polar surface area (TPSA) is 78.5 Å². The van der Waals surface area contributed by atoms with Crippen LogP contribution in [-0.4, -0.2) is 35.7 Å². The summed E-state index contributed by atoms with van der Waals surface area (Å²) in [5, 5.41) is 0. The van der Waals surface area contributed by atoms with Crippen LogP contribution >= 0.6 is 0 Å². The van der Waals surface area contributed by atoms with Crippen LogP contribution in [0.5, 0.6) is 0 Å². The Hall–Kier alpha value is -3.22. The third-order valence-electron chi connectivity index (χ3n) is 4.70. The van der Waals surface area contributed by atoms with Crippen molar-refractivity contribution in [2.24, 2.45) is 5.92 Å². The van der Waals surface area contributed by atoms with Gasteiger partial charge in [0.15, 0.2) is 0 Å². The second-order valence-electron chi connectivity index (χ2n) is 6.82. The zero-order chi connectivity index (χ0) is 19.9. The van der Waals surface area contributed by atoms with Crippen LogP contribution in [0.25, 0.3) is 0 Å². The Morgan fingerprint density at radius 1 is 1.00 bits per heavy atom. The third-order valence-corrected chi connectivity index (χ3v) is 4.70. The standard InChI is InChI=1S/C21H22FN3O3/c22-18-8-6-16(7-9-18)12-19(26)23-24-21(28)17-13-20(27)25(14-17)11-10-15-4-2-1-3-5-15/h1-9,17H,10-14H2,(H,23,26)(H,24,28). The Morgan fingerprint density at radius 2 is 1.71 bits per heavy atom. The van der Waals surface area contributed by atoms with Gasteiger partial charge in [-0.25, -0.2) is 4.39 Å². The average molecular weight is 383 g/mol. The van der Waals surface area contributed by atoms with E-state index in [-0.39, 0.29) is 30.5 Å². The van der Waals surface area contributed by atoms with E-state index in [0.29, 0.717) is 18.7 Å². The number of carbonyl (C=O) groups excluding carboxylic acids is 3. The van der Waals surface area contributed by atoms with E-state index in [2.05, 4.69) is 10.9 Å². The molecule has 0 spiro atoms. The van der Waals surface area contributed by atoms with Crippen LogP contribution in [0.2, 0.25) is 0 Å². The van der Waals surface area contributed by atoms with Crippen LogP contribution in [0.15, 0.2) is 54.6 Å². The molecular weight excluding hydrogens is 361 g/mol. The molecule has 2 aromatic carbocycles. The number of halogens is 1. The largest absolute Gasteiger partial charge is 0.342 e. The lowest BCUT2D eigenvalue weighted by Crippen LogP contribution is -2.45. The van der Waals surface area contributed by atoms with Gasteiger partial charge in [-0.3, -0.25) is 25.2 Å². The van der Waals surface area contributed by atoms with Crippen molar-refractivity contribution in [2.45, 2.75) is 19.3 Å². The number of likely N-dealkylation sites (tertiary alicyclic amines) is 1. The minimum atomic E-state index is -0.491. The molecular formula is C21H22FN3O3. The fourth-order valence-corrected chi connectivity index (χ4v) is 3.14. The van der Waals surface area contributed by atoms with E-state index in [0.717, 1.165) is 12.0 Å². The third kappa shape index (κ3) is 5.39. The Balaban J connectivity index is 1.42. The molecule has 1 heterocycles. The summed E-state index contributed by atoms with van der Waals surface area (Å²) in [6, 6.07) is 15.4. The first-order valence-electron chi connectivity index (χ1n) is 9.16. The lowest BCUT2D eigenvalue weighted by atomic mass is 10.1. The van der Waals surface area contributed by atoms with E-state index in [9.17, 15) is 18.8 Å². The minimum Gasteiger partial charge on any atom is -0.342 e. The smallest absolute Gasteiger partial charge is 0.243 e. The Labute approximate surface area is 162 Å². The molecule has 3 rings (SSSR count). The SMILES string of the molecule is O=C(Cc1ccc(F)cc1)NNC(=O)C1CC(=O)N(CCc2ccccc2)C1. The number of carbonyl (C=O) groups is 3. The highest BCUT2D eigenvalue weighted by atomic mass is 19.1. The van der Waals surface area contributed by atoms with Crippen molar-refractivity contribution in [3.8, 4) is 0 Å². The van der Waals surface area contributed by atoms with Gasteiger partial charge in [0, 0.05) is 19.5 Å². The predicted molar refractivity (Wildman–Crippen MR) is 101 cm³/mol. The van der Waals surface area contributed by atoms with E-state index in [4.69, 9.17) is 0 Å². The molecule has 7 heteroatoms. The first-order valence-corrected chi connectivity index (χ1v) is 9.16. The van der Waals surface area contributed by atoms with Crippen molar-refractivity contribution < 1.29 is 18.8 Å². The maximum absolute atomic E-state index is 12.9. The molecule has 28 heavy (non-hydrogen) atoms. The van der Waals surface area contributed by atoms with Crippen LogP contribution in [0, 0.1) is 11.7 Å². The van der Waals surface area contributed by atoms with Gasteiger partial charge in [-0.05, 0) is 29.7 Å². The highest BCUT2D eigenvalue weighted by Gasteiger charge is 2.34. The lowest BCUT2D eigenvalue weighted by molar-refractivity contribution is -0.131. The number of benzene rings is 2. The predicted octanol–water partition coefficient (Wildman–Crippen LogP) is 1.61. The van der Waals surface area contributed by atoms with Gasteiger partial charge >= 0.3 is 0 Å². The summed E-state index contributed by atoms with van der Waals surface area (Å²) in [5.74, 6) is -1.73. The van der Waals surface area contributed by atoms with E-state index < -0.39 is 11.8 Å². The molecule has 0 bridgehead atoms. The van der Waals surface area contributed by atoms with Crippen molar-refractivity contribution in [2.75, 3.05) is 13.1 Å². The van der Waals surface area contributed by atoms with Crippen molar-refractivity contribution in [1.29, 1.82) is 0 Å². The molecule has 146 valence electrons. The molecule has 1 unspecified atom stereocenters. The second kappa shape index (κ2) is 9.12. The van der Waals surface area contributed by atoms with E-state index >= 15 is 0 Å². The van der Waals surface area contributed by atoms with Gasteiger partial charge in [0.05, 0.1) is 12.3 Å². The number of nitrogens with zero attached hydrogens (tertiary/aromatic N) is 1. The average Bonchev–Trinajstić information content (AvgIpc) is 3.08. The van der Waals surface area contributed by atoms with Crippen molar-refractivity contribution in [3.63, 3.8) is 0 Å². The quantitative estimate of drug-likeness (QED) is 0.744. The summed E-state index contributed by atoms with van der Waals surface area (Å²) < 4.78 is 12.9. The molecule has 2 N–H and O–H groups in total. The highest BCUT2D eigenvalue weighted by molar-refractivity contribution is 5.90. The first kappa shape index (κ1) is 19.5. The Kier molecular flexibility index (Phi) is 6.37. The fourth-order valence-electron chi connectivity index (χ4n) is 3.14.